The van der Waals surface area contributed by atoms with Gasteiger partial charge in [0.15, 0.2) is 0 Å². The summed E-state index contributed by atoms with van der Waals surface area (Å²) in [4.78, 5) is 40.0. The molecule has 0 unspecified atom stereocenters. The molecule has 28 heavy (non-hydrogen) atoms. The van der Waals surface area contributed by atoms with Gasteiger partial charge in [0.05, 0.1) is 9.79 Å². The van der Waals surface area contributed by atoms with Crippen LogP contribution in [0.15, 0.2) is 24.3 Å². The van der Waals surface area contributed by atoms with Crippen LogP contribution in [0.1, 0.15) is 48.9 Å². The summed E-state index contributed by atoms with van der Waals surface area (Å²) in [5.41, 5.74) is 0.280. The highest BCUT2D eigenvalue weighted by Gasteiger charge is 2.48. The molecule has 0 N–H and O–H groups in total. The number of piperidine rings is 1. The fraction of sp³-hybridized carbons (Fsp3) is 0.600. The van der Waals surface area contributed by atoms with Crippen molar-refractivity contribution in [1.29, 1.82) is 0 Å². The van der Waals surface area contributed by atoms with Gasteiger partial charge in [-0.3, -0.25) is 19.7 Å². The van der Waals surface area contributed by atoms with E-state index >= 15 is 0 Å². The molecule has 0 radical (unpaired) electrons. The number of non-ortho nitro benzene ring substituents is 1. The fourth-order valence-corrected chi connectivity index (χ4v) is 6.18. The molecule has 0 aromatic heterocycles. The Hall–Kier alpha value is -2.09. The molecule has 150 valence electrons. The standard InChI is InChI=1S/C20H25N3O4S/c24-18(16-6-3-7-17(14-16)23(26)27)21-10-8-20(9-11-21)22(12-13-28-20)19(25)15-4-1-2-5-15/h3,6-7,14-15H,1-2,4-5,8-13H2. The van der Waals surface area contributed by atoms with Crippen LogP contribution >= 0.6 is 11.8 Å². The van der Waals surface area contributed by atoms with Crippen LogP contribution in [0.5, 0.6) is 0 Å². The van der Waals surface area contributed by atoms with E-state index in [-0.39, 0.29) is 22.4 Å². The quantitative estimate of drug-likeness (QED) is 0.571. The van der Waals surface area contributed by atoms with Gasteiger partial charge in [-0.25, -0.2) is 0 Å². The molecule has 1 aromatic carbocycles. The number of amides is 2. The third-order valence-corrected chi connectivity index (χ3v) is 7.84. The number of nitro benzene ring substituents is 1. The predicted molar refractivity (Wildman–Crippen MR) is 107 cm³/mol. The zero-order valence-electron chi connectivity index (χ0n) is 15.8. The topological polar surface area (TPSA) is 83.8 Å². The summed E-state index contributed by atoms with van der Waals surface area (Å²) in [5, 5.41) is 11.0. The third kappa shape index (κ3) is 3.50. The van der Waals surface area contributed by atoms with Gasteiger partial charge in [-0.15, -0.1) is 11.8 Å². The molecule has 2 saturated heterocycles. The van der Waals surface area contributed by atoms with Crippen molar-refractivity contribution in [2.75, 3.05) is 25.4 Å². The molecule has 2 amide bonds. The molecular formula is C20H25N3O4S. The number of likely N-dealkylation sites (tertiary alicyclic amines) is 1. The average Bonchev–Trinajstić information content (AvgIpc) is 3.38. The minimum Gasteiger partial charge on any atom is -0.338 e. The fourth-order valence-electron chi connectivity index (χ4n) is 4.72. The van der Waals surface area contributed by atoms with Crippen molar-refractivity contribution in [3.63, 3.8) is 0 Å². The van der Waals surface area contributed by atoms with Gasteiger partial charge >= 0.3 is 0 Å². The first kappa shape index (κ1) is 19.2. The summed E-state index contributed by atoms with van der Waals surface area (Å²) >= 11 is 1.85. The second-order valence-electron chi connectivity index (χ2n) is 7.87. The van der Waals surface area contributed by atoms with Crippen molar-refractivity contribution in [2.45, 2.75) is 43.4 Å². The van der Waals surface area contributed by atoms with E-state index in [4.69, 9.17) is 0 Å². The largest absolute Gasteiger partial charge is 0.338 e. The first-order chi connectivity index (χ1) is 13.5. The lowest BCUT2D eigenvalue weighted by Gasteiger charge is -2.44. The lowest BCUT2D eigenvalue weighted by molar-refractivity contribution is -0.384. The second-order valence-corrected chi connectivity index (χ2v) is 9.32. The molecule has 3 aliphatic rings. The summed E-state index contributed by atoms with van der Waals surface area (Å²) in [6.07, 6.45) is 5.83. The molecule has 4 rings (SSSR count). The third-order valence-electron chi connectivity index (χ3n) is 6.28. The van der Waals surface area contributed by atoms with E-state index in [1.54, 1.807) is 17.0 Å². The average molecular weight is 404 g/mol. The van der Waals surface area contributed by atoms with Gasteiger partial charge in [0.25, 0.3) is 11.6 Å². The SMILES string of the molecule is O=C(c1cccc([N+](=O)[O-])c1)N1CCC2(CC1)SCCN2C(=O)C1CCCC1. The van der Waals surface area contributed by atoms with Crippen molar-refractivity contribution >= 4 is 29.3 Å². The maximum atomic E-state index is 13.0. The molecule has 1 aromatic rings. The lowest BCUT2D eigenvalue weighted by Crippen LogP contribution is -2.54. The van der Waals surface area contributed by atoms with Gasteiger partial charge in [0.2, 0.25) is 5.91 Å². The highest BCUT2D eigenvalue weighted by Crippen LogP contribution is 2.45. The van der Waals surface area contributed by atoms with Crippen molar-refractivity contribution in [3.05, 3.63) is 39.9 Å². The first-order valence-electron chi connectivity index (χ1n) is 9.99. The maximum Gasteiger partial charge on any atom is 0.270 e. The smallest absolute Gasteiger partial charge is 0.270 e. The summed E-state index contributed by atoms with van der Waals surface area (Å²) in [5.74, 6) is 1.27. The molecule has 0 bridgehead atoms. The Labute approximate surface area is 168 Å². The van der Waals surface area contributed by atoms with E-state index in [0.29, 0.717) is 24.6 Å². The van der Waals surface area contributed by atoms with Gasteiger partial charge in [0, 0.05) is 49.0 Å². The molecule has 7 nitrogen and oxygen atoms in total. The number of nitro groups is 1. The minimum absolute atomic E-state index is 0.0704. The number of carbonyl (C=O) groups is 2. The molecule has 0 atom stereocenters. The second kappa shape index (κ2) is 7.73. The monoisotopic (exact) mass is 403 g/mol. The Bertz CT molecular complexity index is 785. The Balaban J connectivity index is 1.43. The number of benzene rings is 1. The van der Waals surface area contributed by atoms with E-state index in [0.717, 1.165) is 50.8 Å². The van der Waals surface area contributed by atoms with Crippen LogP contribution in [-0.4, -0.2) is 56.8 Å². The summed E-state index contributed by atoms with van der Waals surface area (Å²) in [6, 6.07) is 5.90. The molecule has 3 fully saturated rings. The van der Waals surface area contributed by atoms with Crippen molar-refractivity contribution in [2.24, 2.45) is 5.92 Å². The molecule has 1 saturated carbocycles. The van der Waals surface area contributed by atoms with Crippen LogP contribution in [0.25, 0.3) is 0 Å². The van der Waals surface area contributed by atoms with Crippen molar-refractivity contribution in [3.8, 4) is 0 Å². The number of carbonyl (C=O) groups excluding carboxylic acids is 2. The number of nitrogens with zero attached hydrogens (tertiary/aromatic N) is 3. The van der Waals surface area contributed by atoms with Crippen LogP contribution in [0.3, 0.4) is 0 Å². The van der Waals surface area contributed by atoms with E-state index < -0.39 is 4.92 Å². The zero-order chi connectivity index (χ0) is 19.7. The number of rotatable bonds is 3. The van der Waals surface area contributed by atoms with Gasteiger partial charge < -0.3 is 9.80 Å². The zero-order valence-corrected chi connectivity index (χ0v) is 16.7. The van der Waals surface area contributed by atoms with Crippen molar-refractivity contribution < 1.29 is 14.5 Å². The Morgan fingerprint density at radius 1 is 1.14 bits per heavy atom. The van der Waals surface area contributed by atoms with E-state index in [1.165, 1.54) is 12.1 Å². The van der Waals surface area contributed by atoms with E-state index in [2.05, 4.69) is 4.90 Å². The molecule has 2 heterocycles. The van der Waals surface area contributed by atoms with Crippen LogP contribution in [-0.2, 0) is 4.79 Å². The van der Waals surface area contributed by atoms with Gasteiger partial charge in [0.1, 0.15) is 0 Å². The Kier molecular flexibility index (Phi) is 5.31. The van der Waals surface area contributed by atoms with Crippen LogP contribution < -0.4 is 0 Å². The molecule has 1 spiro atoms. The van der Waals surface area contributed by atoms with Gasteiger partial charge in [-0.1, -0.05) is 18.9 Å². The van der Waals surface area contributed by atoms with Crippen LogP contribution in [0.4, 0.5) is 5.69 Å². The maximum absolute atomic E-state index is 13.0. The first-order valence-corrected chi connectivity index (χ1v) is 11.0. The highest BCUT2D eigenvalue weighted by molar-refractivity contribution is 8.00. The number of thioether (sulfide) groups is 1. The predicted octanol–water partition coefficient (Wildman–Crippen LogP) is 3.29. The van der Waals surface area contributed by atoms with Crippen LogP contribution in [0.2, 0.25) is 0 Å². The summed E-state index contributed by atoms with van der Waals surface area (Å²) < 4.78 is 0. The van der Waals surface area contributed by atoms with Crippen LogP contribution in [0, 0.1) is 16.0 Å². The van der Waals surface area contributed by atoms with Crippen molar-refractivity contribution in [1.82, 2.24) is 9.80 Å². The lowest BCUT2D eigenvalue weighted by atomic mass is 9.98. The van der Waals surface area contributed by atoms with Gasteiger partial charge in [-0.05, 0) is 31.7 Å². The van der Waals surface area contributed by atoms with E-state index in [9.17, 15) is 19.7 Å². The summed E-state index contributed by atoms with van der Waals surface area (Å²) in [7, 11) is 0. The number of hydrogen-bond donors (Lipinski definition) is 0. The Morgan fingerprint density at radius 3 is 2.54 bits per heavy atom. The van der Waals surface area contributed by atoms with Gasteiger partial charge in [-0.2, -0.15) is 0 Å². The van der Waals surface area contributed by atoms with E-state index in [1.807, 2.05) is 11.8 Å². The molecular weight excluding hydrogens is 378 g/mol. The minimum atomic E-state index is -0.482. The molecule has 1 aliphatic carbocycles. The molecule has 8 heteroatoms. The highest BCUT2D eigenvalue weighted by atomic mass is 32.2. The Morgan fingerprint density at radius 2 is 1.86 bits per heavy atom. The normalized spacial score (nSPS) is 22.0. The summed E-state index contributed by atoms with van der Waals surface area (Å²) in [6.45, 7) is 1.95. The number of hydrogen-bond acceptors (Lipinski definition) is 5. The molecule has 2 aliphatic heterocycles.